The first-order chi connectivity index (χ1) is 26.3. The SMILES string of the molecule is ClCCl.O=C(C(=O)c1ccc(F)c(C#CCCF)c1)c1ccc(OC(F)F)cc1.O=C(C(=O)c1ccc(F)c(C#CCCO)c1)c1ccc(OC(F)F)cc1. The quantitative estimate of drug-likeness (QED) is 0.0501. The number of ether oxygens (including phenoxy) is 2. The van der Waals surface area contributed by atoms with Gasteiger partial charge in [0.25, 0.3) is 0 Å². The summed E-state index contributed by atoms with van der Waals surface area (Å²) in [4.78, 5) is 49.0. The zero-order valence-electron chi connectivity index (χ0n) is 28.1. The van der Waals surface area contributed by atoms with Crippen LogP contribution in [0.2, 0.25) is 0 Å². The van der Waals surface area contributed by atoms with Crippen LogP contribution in [0.15, 0.2) is 84.9 Å². The molecule has 0 amide bonds. The lowest BCUT2D eigenvalue weighted by Gasteiger charge is -2.05. The van der Waals surface area contributed by atoms with E-state index in [-0.39, 0.29) is 69.7 Å². The number of alkyl halides is 7. The van der Waals surface area contributed by atoms with Crippen molar-refractivity contribution < 1.29 is 64.5 Å². The molecule has 0 aliphatic heterocycles. The fourth-order valence-electron chi connectivity index (χ4n) is 4.04. The predicted octanol–water partition coefficient (Wildman–Crippen LogP) is 8.85. The van der Waals surface area contributed by atoms with Crippen molar-refractivity contribution in [3.8, 4) is 35.2 Å². The molecule has 4 aromatic rings. The minimum Gasteiger partial charge on any atom is -0.435 e. The average Bonchev–Trinajstić information content (AvgIpc) is 3.16. The van der Waals surface area contributed by atoms with E-state index < -0.39 is 54.7 Å². The number of Topliss-reactive ketones (excluding diaryl/α,β-unsaturated/α-hetero) is 4. The van der Waals surface area contributed by atoms with Gasteiger partial charge in [0.05, 0.1) is 23.1 Å². The highest BCUT2D eigenvalue weighted by molar-refractivity contribution is 6.49. The van der Waals surface area contributed by atoms with Crippen LogP contribution >= 0.6 is 23.2 Å². The summed E-state index contributed by atoms with van der Waals surface area (Å²) in [5.41, 5.74) is -0.401. The van der Waals surface area contributed by atoms with E-state index in [1.807, 2.05) is 0 Å². The third kappa shape index (κ3) is 15.3. The van der Waals surface area contributed by atoms with Gasteiger partial charge in [-0.15, -0.1) is 23.2 Å². The fraction of sp³-hybridized carbons (Fsp3) is 0.179. The van der Waals surface area contributed by atoms with Crippen LogP contribution in [0.3, 0.4) is 0 Å². The Morgan fingerprint density at radius 1 is 0.582 bits per heavy atom. The molecule has 55 heavy (non-hydrogen) atoms. The Balaban J connectivity index is 0.000000355. The van der Waals surface area contributed by atoms with E-state index in [1.54, 1.807) is 0 Å². The molecule has 0 aliphatic carbocycles. The molecule has 0 radical (unpaired) electrons. The first-order valence-electron chi connectivity index (χ1n) is 15.4. The normalized spacial score (nSPS) is 9.96. The van der Waals surface area contributed by atoms with Crippen LogP contribution in [0, 0.1) is 35.3 Å². The van der Waals surface area contributed by atoms with Crippen LogP contribution in [0.5, 0.6) is 11.5 Å². The van der Waals surface area contributed by atoms with Crippen molar-refractivity contribution in [2.45, 2.75) is 26.1 Å². The molecule has 1 N–H and O–H groups in total. The minimum absolute atomic E-state index is 0.0196. The first kappa shape index (κ1) is 45.5. The molecule has 16 heteroatoms. The standard InChI is InChI=1S/C19H12F4O3.C19H13F3O4.CH2Cl2/c20-10-2-1-3-13-11-14(6-9-16(13)21)18(25)17(24)12-4-7-15(8-5-12)26-19(22)23;20-16-9-6-14(11-13(16)3-1-2-10-23)18(25)17(24)12-4-7-15(8-5-12)26-19(21)22;2-1-3/h4-9,11,19H,2,10H2;4-9,11,19,23H,2,10H2;1H2. The number of ketones is 4. The van der Waals surface area contributed by atoms with E-state index in [4.69, 9.17) is 28.3 Å². The minimum atomic E-state index is -3.01. The summed E-state index contributed by atoms with van der Waals surface area (Å²) in [6, 6.07) is 15.8. The van der Waals surface area contributed by atoms with Gasteiger partial charge in [0.2, 0.25) is 23.1 Å². The highest BCUT2D eigenvalue weighted by atomic mass is 35.5. The topological polar surface area (TPSA) is 107 Å². The number of aliphatic hydroxyl groups is 1. The maximum Gasteiger partial charge on any atom is 0.387 e. The average molecular weight is 812 g/mol. The van der Waals surface area contributed by atoms with E-state index in [0.717, 1.165) is 60.7 Å². The number of hydrogen-bond acceptors (Lipinski definition) is 7. The van der Waals surface area contributed by atoms with Gasteiger partial charge < -0.3 is 14.6 Å². The Hall–Kier alpha value is -5.67. The lowest BCUT2D eigenvalue weighted by atomic mass is 9.99. The molecule has 4 rings (SSSR count). The maximum absolute atomic E-state index is 13.7. The van der Waals surface area contributed by atoms with Crippen molar-refractivity contribution in [1.82, 2.24) is 0 Å². The monoisotopic (exact) mass is 810 g/mol. The van der Waals surface area contributed by atoms with Gasteiger partial charge in [-0.05, 0) is 84.9 Å². The number of hydrogen-bond donors (Lipinski definition) is 1. The summed E-state index contributed by atoms with van der Waals surface area (Å²) in [6.07, 6.45) is 0.0627. The first-order valence-corrected chi connectivity index (χ1v) is 16.5. The number of aliphatic hydroxyl groups excluding tert-OH is 1. The smallest absolute Gasteiger partial charge is 0.387 e. The highest BCUT2D eigenvalue weighted by Gasteiger charge is 2.21. The fourth-order valence-corrected chi connectivity index (χ4v) is 4.04. The van der Waals surface area contributed by atoms with Gasteiger partial charge >= 0.3 is 13.2 Å². The van der Waals surface area contributed by atoms with E-state index in [1.165, 1.54) is 24.3 Å². The summed E-state index contributed by atoms with van der Waals surface area (Å²) >= 11 is 9.53. The summed E-state index contributed by atoms with van der Waals surface area (Å²) in [5.74, 6) is 4.56. The Labute approximate surface area is 320 Å². The molecule has 0 saturated heterocycles. The lowest BCUT2D eigenvalue weighted by Crippen LogP contribution is -2.15. The Bertz CT molecular complexity index is 1910. The number of benzene rings is 4. The van der Waals surface area contributed by atoms with Gasteiger partial charge in [-0.1, -0.05) is 23.7 Å². The van der Waals surface area contributed by atoms with Crippen molar-refractivity contribution >= 4 is 46.3 Å². The Morgan fingerprint density at radius 2 is 0.909 bits per heavy atom. The lowest BCUT2D eigenvalue weighted by molar-refractivity contribution is -0.0505. The zero-order chi connectivity index (χ0) is 40.9. The van der Waals surface area contributed by atoms with Crippen molar-refractivity contribution in [2.75, 3.05) is 18.6 Å². The van der Waals surface area contributed by atoms with Crippen LogP contribution in [0.4, 0.5) is 30.7 Å². The van der Waals surface area contributed by atoms with Gasteiger partial charge in [-0.3, -0.25) is 23.6 Å². The molecule has 4 aromatic carbocycles. The van der Waals surface area contributed by atoms with Gasteiger partial charge in [0.1, 0.15) is 29.8 Å². The summed E-state index contributed by atoms with van der Waals surface area (Å²) in [6.45, 7) is -6.87. The van der Waals surface area contributed by atoms with Crippen molar-refractivity contribution in [3.05, 3.63) is 130 Å². The molecule has 0 heterocycles. The summed E-state index contributed by atoms with van der Waals surface area (Å²) in [7, 11) is 0. The molecular weight excluding hydrogens is 784 g/mol. The van der Waals surface area contributed by atoms with E-state index >= 15 is 0 Å². The zero-order valence-corrected chi connectivity index (χ0v) is 29.6. The Morgan fingerprint density at radius 3 is 1.24 bits per heavy atom. The molecule has 7 nitrogen and oxygen atoms in total. The van der Waals surface area contributed by atoms with Gasteiger partial charge in [-0.25, -0.2) is 8.78 Å². The molecule has 0 atom stereocenters. The van der Waals surface area contributed by atoms with Crippen LogP contribution in [-0.2, 0) is 0 Å². The van der Waals surface area contributed by atoms with E-state index in [2.05, 4.69) is 33.2 Å². The molecular formula is C39H27Cl2F7O7. The van der Waals surface area contributed by atoms with E-state index in [0.29, 0.717) is 0 Å². The number of rotatable bonds is 12. The number of carbonyl (C=O) groups excluding carboxylic acids is 4. The van der Waals surface area contributed by atoms with Crippen LogP contribution in [0.1, 0.15) is 65.4 Å². The van der Waals surface area contributed by atoms with Crippen molar-refractivity contribution in [3.63, 3.8) is 0 Å². The molecule has 0 unspecified atom stereocenters. The summed E-state index contributed by atoms with van der Waals surface area (Å²) < 4.78 is 96.2. The molecule has 288 valence electrons. The second kappa shape index (κ2) is 23.9. The summed E-state index contributed by atoms with van der Waals surface area (Å²) in [5, 5.41) is 8.87. The van der Waals surface area contributed by atoms with Crippen LogP contribution < -0.4 is 9.47 Å². The highest BCUT2D eigenvalue weighted by Crippen LogP contribution is 2.19. The van der Waals surface area contributed by atoms with Crippen molar-refractivity contribution in [2.24, 2.45) is 0 Å². The number of carbonyl (C=O) groups is 4. The third-order valence-electron chi connectivity index (χ3n) is 6.46. The number of halogens is 9. The van der Waals surface area contributed by atoms with Crippen molar-refractivity contribution in [1.29, 1.82) is 0 Å². The second-order valence-electron chi connectivity index (χ2n) is 10.1. The molecule has 0 saturated carbocycles. The second-order valence-corrected chi connectivity index (χ2v) is 10.9. The molecule has 0 spiro atoms. The third-order valence-corrected chi connectivity index (χ3v) is 6.46. The maximum atomic E-state index is 13.7. The van der Waals surface area contributed by atoms with Gasteiger partial charge in [0.15, 0.2) is 0 Å². The van der Waals surface area contributed by atoms with E-state index in [9.17, 15) is 49.9 Å². The van der Waals surface area contributed by atoms with Crippen LogP contribution in [0.25, 0.3) is 0 Å². The molecule has 0 aliphatic rings. The predicted molar refractivity (Wildman–Crippen MR) is 189 cm³/mol. The van der Waals surface area contributed by atoms with Gasteiger partial charge in [0, 0.05) is 35.1 Å². The molecule has 0 bridgehead atoms. The largest absolute Gasteiger partial charge is 0.435 e. The van der Waals surface area contributed by atoms with Crippen LogP contribution in [-0.4, -0.2) is 60.1 Å². The molecule has 0 fully saturated rings. The van der Waals surface area contributed by atoms with Gasteiger partial charge in [-0.2, -0.15) is 17.6 Å². The molecule has 0 aromatic heterocycles. The Kier molecular flexibility index (Phi) is 19.8.